The van der Waals surface area contributed by atoms with Gasteiger partial charge in [0.1, 0.15) is 5.82 Å². The van der Waals surface area contributed by atoms with Gasteiger partial charge in [-0.05, 0) is 29.6 Å². The van der Waals surface area contributed by atoms with Crippen molar-refractivity contribution in [1.82, 2.24) is 23.7 Å². The fraction of sp³-hybridized carbons (Fsp3) is 0.455. The number of piperazine rings is 1. The number of thiophene rings is 1. The van der Waals surface area contributed by atoms with Crippen molar-refractivity contribution in [2.45, 2.75) is 24.3 Å². The summed E-state index contributed by atoms with van der Waals surface area (Å²) in [6.07, 6.45) is 0.917. The average molecular weight is 476 g/mol. The van der Waals surface area contributed by atoms with Crippen molar-refractivity contribution in [2.24, 2.45) is 7.05 Å². The lowest BCUT2D eigenvalue weighted by atomic mass is 10.2. The predicted molar refractivity (Wildman–Crippen MR) is 126 cm³/mol. The van der Waals surface area contributed by atoms with Gasteiger partial charge in [0, 0.05) is 71.6 Å². The number of sulfonamides is 1. The third kappa shape index (κ3) is 4.73. The quantitative estimate of drug-likeness (QED) is 0.523. The maximum absolute atomic E-state index is 12.8. The van der Waals surface area contributed by atoms with Gasteiger partial charge in [0.25, 0.3) is 0 Å². The molecule has 0 N–H and O–H groups in total. The van der Waals surface area contributed by atoms with E-state index in [4.69, 9.17) is 0 Å². The normalized spacial score (nSPS) is 15.7. The number of aromatic nitrogens is 2. The van der Waals surface area contributed by atoms with Gasteiger partial charge >= 0.3 is 0 Å². The van der Waals surface area contributed by atoms with Gasteiger partial charge in [0.05, 0.1) is 15.9 Å². The number of hydrogen-bond acceptors (Lipinski definition) is 6. The molecule has 172 valence electrons. The summed E-state index contributed by atoms with van der Waals surface area (Å²) in [7, 11) is 1.41. The van der Waals surface area contributed by atoms with Crippen LogP contribution < -0.4 is 0 Å². The van der Waals surface area contributed by atoms with Crippen molar-refractivity contribution >= 4 is 38.3 Å². The molecule has 1 aliphatic heterocycles. The Morgan fingerprint density at radius 2 is 1.91 bits per heavy atom. The second-order valence-electron chi connectivity index (χ2n) is 8.26. The van der Waals surface area contributed by atoms with E-state index in [1.807, 2.05) is 16.5 Å². The maximum Gasteiger partial charge on any atom is 0.242 e. The van der Waals surface area contributed by atoms with Crippen molar-refractivity contribution in [2.75, 3.05) is 40.3 Å². The van der Waals surface area contributed by atoms with Crippen LogP contribution in [0, 0.1) is 0 Å². The van der Waals surface area contributed by atoms with E-state index in [2.05, 4.69) is 27.4 Å². The molecule has 3 heterocycles. The topological polar surface area (TPSA) is 78.8 Å². The molecule has 1 saturated heterocycles. The Hall–Kier alpha value is -2.27. The summed E-state index contributed by atoms with van der Waals surface area (Å²) < 4.78 is 27.9. The molecule has 1 fully saturated rings. The summed E-state index contributed by atoms with van der Waals surface area (Å²) in [5.41, 5.74) is 1.48. The van der Waals surface area contributed by atoms with Gasteiger partial charge in [-0.3, -0.25) is 9.69 Å². The number of carbonyl (C=O) groups excluding carboxylic acids is 1. The molecule has 0 atom stereocenters. The van der Waals surface area contributed by atoms with E-state index in [9.17, 15) is 13.2 Å². The van der Waals surface area contributed by atoms with Crippen LogP contribution in [0.15, 0.2) is 40.6 Å². The standard InChI is InChI=1S/C22H29N5O3S2/c1-24(2)32(29,30)18-6-7-20-19(15-18)23-21(25(20)3)8-9-22(28)27-12-10-26(11-13-27)16-17-5-4-14-31-17/h4-7,14-15H,8-13,16H2,1-3H3. The second-order valence-corrected chi connectivity index (χ2v) is 11.4. The molecule has 0 bridgehead atoms. The summed E-state index contributed by atoms with van der Waals surface area (Å²) in [5, 5.41) is 2.10. The van der Waals surface area contributed by atoms with Crippen LogP contribution in [-0.4, -0.2) is 78.3 Å². The monoisotopic (exact) mass is 475 g/mol. The minimum atomic E-state index is -3.51. The van der Waals surface area contributed by atoms with Crippen LogP contribution in [0.3, 0.4) is 0 Å². The Balaban J connectivity index is 1.36. The van der Waals surface area contributed by atoms with Crippen molar-refractivity contribution in [1.29, 1.82) is 0 Å². The minimum absolute atomic E-state index is 0.142. The highest BCUT2D eigenvalue weighted by Crippen LogP contribution is 2.22. The number of imidazole rings is 1. The van der Waals surface area contributed by atoms with Crippen LogP contribution in [0.1, 0.15) is 17.1 Å². The summed E-state index contributed by atoms with van der Waals surface area (Å²) >= 11 is 1.77. The number of rotatable bonds is 7. The first-order valence-corrected chi connectivity index (χ1v) is 13.0. The average Bonchev–Trinajstić information content (AvgIpc) is 3.40. The molecule has 1 amide bonds. The van der Waals surface area contributed by atoms with Crippen molar-refractivity contribution in [3.8, 4) is 0 Å². The number of fused-ring (bicyclic) bond motifs is 1. The molecular formula is C22H29N5O3S2. The van der Waals surface area contributed by atoms with E-state index in [1.54, 1.807) is 29.5 Å². The van der Waals surface area contributed by atoms with E-state index in [-0.39, 0.29) is 10.8 Å². The molecule has 2 aromatic heterocycles. The molecule has 8 nitrogen and oxygen atoms in total. The van der Waals surface area contributed by atoms with Crippen molar-refractivity contribution in [3.05, 3.63) is 46.4 Å². The molecular weight excluding hydrogens is 446 g/mol. The van der Waals surface area contributed by atoms with Crippen molar-refractivity contribution < 1.29 is 13.2 Å². The lowest BCUT2D eigenvalue weighted by molar-refractivity contribution is -0.133. The zero-order valence-electron chi connectivity index (χ0n) is 18.7. The van der Waals surface area contributed by atoms with E-state index in [0.29, 0.717) is 18.4 Å². The third-order valence-electron chi connectivity index (χ3n) is 5.97. The zero-order valence-corrected chi connectivity index (χ0v) is 20.3. The van der Waals surface area contributed by atoms with Gasteiger partial charge in [0.2, 0.25) is 15.9 Å². The molecule has 1 aromatic carbocycles. The third-order valence-corrected chi connectivity index (χ3v) is 8.64. The fourth-order valence-corrected chi connectivity index (χ4v) is 5.65. The molecule has 0 unspecified atom stereocenters. The highest BCUT2D eigenvalue weighted by molar-refractivity contribution is 7.89. The van der Waals surface area contributed by atoms with E-state index in [1.165, 1.54) is 23.3 Å². The van der Waals surface area contributed by atoms with Gasteiger partial charge in [0.15, 0.2) is 0 Å². The minimum Gasteiger partial charge on any atom is -0.340 e. The Morgan fingerprint density at radius 3 is 2.56 bits per heavy atom. The number of nitrogens with zero attached hydrogens (tertiary/aromatic N) is 5. The number of aryl methyl sites for hydroxylation is 2. The molecule has 0 spiro atoms. The Labute approximate surface area is 193 Å². The Kier molecular flexibility index (Phi) is 6.66. The van der Waals surface area contributed by atoms with Crippen LogP contribution in [-0.2, 0) is 34.8 Å². The molecule has 0 aliphatic carbocycles. The van der Waals surface area contributed by atoms with E-state index in [0.717, 1.165) is 44.1 Å². The maximum atomic E-state index is 12.8. The largest absolute Gasteiger partial charge is 0.340 e. The lowest BCUT2D eigenvalue weighted by Gasteiger charge is -2.34. The van der Waals surface area contributed by atoms with Gasteiger partial charge in [-0.2, -0.15) is 0 Å². The van der Waals surface area contributed by atoms with Crippen LogP contribution in [0.25, 0.3) is 11.0 Å². The van der Waals surface area contributed by atoms with Crippen LogP contribution in [0.5, 0.6) is 0 Å². The zero-order chi connectivity index (χ0) is 22.9. The smallest absolute Gasteiger partial charge is 0.242 e. The molecule has 10 heteroatoms. The van der Waals surface area contributed by atoms with E-state index < -0.39 is 10.0 Å². The number of benzene rings is 1. The van der Waals surface area contributed by atoms with E-state index >= 15 is 0 Å². The predicted octanol–water partition coefficient (Wildman–Crippen LogP) is 2.16. The van der Waals surface area contributed by atoms with Gasteiger partial charge < -0.3 is 9.47 Å². The fourth-order valence-electron chi connectivity index (χ4n) is 3.98. The first-order chi connectivity index (χ1) is 15.3. The highest BCUT2D eigenvalue weighted by atomic mass is 32.2. The molecule has 32 heavy (non-hydrogen) atoms. The first kappa shape index (κ1) is 22.9. The molecule has 0 radical (unpaired) electrons. The first-order valence-electron chi connectivity index (χ1n) is 10.7. The van der Waals surface area contributed by atoms with Gasteiger partial charge in [-0.25, -0.2) is 17.7 Å². The van der Waals surface area contributed by atoms with Crippen LogP contribution in [0.2, 0.25) is 0 Å². The number of amides is 1. The Morgan fingerprint density at radius 1 is 1.16 bits per heavy atom. The molecule has 4 rings (SSSR count). The SMILES string of the molecule is CN(C)S(=O)(=O)c1ccc2c(c1)nc(CCC(=O)N1CCN(Cc3cccs3)CC1)n2C. The number of carbonyl (C=O) groups is 1. The Bertz CT molecular complexity index is 1190. The number of hydrogen-bond donors (Lipinski definition) is 0. The van der Waals surface area contributed by atoms with Crippen LogP contribution >= 0.6 is 11.3 Å². The summed E-state index contributed by atoms with van der Waals surface area (Å²) in [4.78, 5) is 23.3. The molecule has 0 saturated carbocycles. The van der Waals surface area contributed by atoms with Crippen LogP contribution in [0.4, 0.5) is 0 Å². The highest BCUT2D eigenvalue weighted by Gasteiger charge is 2.22. The second kappa shape index (κ2) is 9.30. The lowest BCUT2D eigenvalue weighted by Crippen LogP contribution is -2.48. The van der Waals surface area contributed by atoms with Gasteiger partial charge in [-0.15, -0.1) is 11.3 Å². The summed E-state index contributed by atoms with van der Waals surface area (Å²) in [6.45, 7) is 4.22. The van der Waals surface area contributed by atoms with Crippen molar-refractivity contribution in [3.63, 3.8) is 0 Å². The summed E-state index contributed by atoms with van der Waals surface area (Å²) in [6, 6.07) is 9.20. The van der Waals surface area contributed by atoms with Gasteiger partial charge in [-0.1, -0.05) is 6.07 Å². The summed E-state index contributed by atoms with van der Waals surface area (Å²) in [5.74, 6) is 0.924. The molecule has 3 aromatic rings. The molecule has 1 aliphatic rings.